The van der Waals surface area contributed by atoms with Gasteiger partial charge in [0.2, 0.25) is 0 Å². The van der Waals surface area contributed by atoms with Crippen LogP contribution in [-0.2, 0) is 13.6 Å². The Morgan fingerprint density at radius 2 is 2.25 bits per heavy atom. The van der Waals surface area contributed by atoms with Crippen molar-refractivity contribution in [3.63, 3.8) is 0 Å². The molecule has 2 N–H and O–H groups in total. The number of imidazole rings is 1. The number of hydrogen-bond acceptors (Lipinski definition) is 2. The molecule has 0 spiro atoms. The molecule has 0 amide bonds. The molecule has 20 heavy (non-hydrogen) atoms. The largest absolute Gasteiger partial charge is 0.370 e. The fraction of sp³-hybridized carbons (Fsp3) is 0.467. The van der Waals surface area contributed by atoms with Gasteiger partial charge in [0, 0.05) is 20.1 Å². The topological polar surface area (TPSA) is 59.4 Å². The summed E-state index contributed by atoms with van der Waals surface area (Å²) in [4.78, 5) is 11.2. The van der Waals surface area contributed by atoms with Gasteiger partial charge in [-0.05, 0) is 37.5 Å². The average Bonchev–Trinajstić information content (AvgIpc) is 3.22. The van der Waals surface area contributed by atoms with Crippen molar-refractivity contribution in [2.45, 2.75) is 32.4 Å². The summed E-state index contributed by atoms with van der Waals surface area (Å²) in [6, 6.07) is 6.89. The van der Waals surface area contributed by atoms with Crippen LogP contribution in [0.5, 0.6) is 0 Å². The van der Waals surface area contributed by atoms with E-state index in [0.717, 1.165) is 16.9 Å². The van der Waals surface area contributed by atoms with Gasteiger partial charge in [0.05, 0.1) is 11.0 Å². The van der Waals surface area contributed by atoms with Gasteiger partial charge in [-0.3, -0.25) is 0 Å². The fourth-order valence-electron chi connectivity index (χ4n) is 2.41. The van der Waals surface area contributed by atoms with Gasteiger partial charge in [-0.1, -0.05) is 6.07 Å². The molecule has 1 heterocycles. The monoisotopic (exact) mass is 271 g/mol. The molecule has 5 heteroatoms. The Morgan fingerprint density at radius 1 is 1.50 bits per heavy atom. The number of fused-ring (bicyclic) bond motifs is 1. The van der Waals surface area contributed by atoms with E-state index >= 15 is 0 Å². The van der Waals surface area contributed by atoms with Crippen LogP contribution >= 0.6 is 0 Å². The van der Waals surface area contributed by atoms with Crippen LogP contribution < -0.4 is 5.73 Å². The first-order valence-electron chi connectivity index (χ1n) is 7.01. The molecule has 2 aromatic rings. The maximum atomic E-state index is 6.01. The molecule has 106 valence electrons. The van der Waals surface area contributed by atoms with Crippen molar-refractivity contribution in [2.75, 3.05) is 7.05 Å². The van der Waals surface area contributed by atoms with Crippen LogP contribution in [0.1, 0.15) is 24.2 Å². The van der Waals surface area contributed by atoms with Gasteiger partial charge in [0.25, 0.3) is 0 Å². The predicted octanol–water partition coefficient (Wildman–Crippen LogP) is 1.79. The maximum Gasteiger partial charge on any atom is 0.191 e. The van der Waals surface area contributed by atoms with Gasteiger partial charge in [-0.25, -0.2) is 9.98 Å². The number of hydrogen-bond donors (Lipinski definition) is 1. The predicted molar refractivity (Wildman–Crippen MR) is 81.6 cm³/mol. The Morgan fingerprint density at radius 3 is 2.95 bits per heavy atom. The van der Waals surface area contributed by atoms with Gasteiger partial charge < -0.3 is 15.2 Å². The first kappa shape index (κ1) is 13.0. The average molecular weight is 271 g/mol. The molecule has 0 aliphatic heterocycles. The van der Waals surface area contributed by atoms with Gasteiger partial charge in [0.1, 0.15) is 12.4 Å². The third-order valence-corrected chi connectivity index (χ3v) is 3.97. The first-order valence-corrected chi connectivity index (χ1v) is 7.01. The lowest BCUT2D eigenvalue weighted by molar-refractivity contribution is 0.487. The molecule has 0 bridgehead atoms. The highest BCUT2D eigenvalue weighted by molar-refractivity contribution is 5.79. The zero-order valence-corrected chi connectivity index (χ0v) is 12.3. The fourth-order valence-corrected chi connectivity index (χ4v) is 2.41. The van der Waals surface area contributed by atoms with E-state index in [0.29, 0.717) is 18.5 Å². The van der Waals surface area contributed by atoms with Crippen LogP contribution in [-0.4, -0.2) is 33.5 Å². The van der Waals surface area contributed by atoms with Crippen LogP contribution in [0, 0.1) is 6.92 Å². The summed E-state index contributed by atoms with van der Waals surface area (Å²) >= 11 is 0. The summed E-state index contributed by atoms with van der Waals surface area (Å²) in [6.45, 7) is 2.60. The molecule has 0 saturated heterocycles. The van der Waals surface area contributed by atoms with Crippen LogP contribution in [0.2, 0.25) is 0 Å². The summed E-state index contributed by atoms with van der Waals surface area (Å²) in [5.74, 6) is 1.55. The van der Waals surface area contributed by atoms with Gasteiger partial charge in [0.15, 0.2) is 5.96 Å². The zero-order valence-electron chi connectivity index (χ0n) is 12.3. The molecule has 1 aliphatic carbocycles. The normalized spacial score (nSPS) is 15.8. The quantitative estimate of drug-likeness (QED) is 0.684. The number of guanidine groups is 1. The van der Waals surface area contributed by atoms with Gasteiger partial charge in [-0.2, -0.15) is 0 Å². The molecule has 0 radical (unpaired) electrons. The molecule has 0 atom stereocenters. The SMILES string of the molecule is Cc1ccc2c(c1)nc(CN=C(N)N(C)C1CC1)n2C. The Kier molecular flexibility index (Phi) is 3.12. The highest BCUT2D eigenvalue weighted by Crippen LogP contribution is 2.25. The Balaban J connectivity index is 1.83. The lowest BCUT2D eigenvalue weighted by atomic mass is 10.2. The number of aryl methyl sites for hydroxylation is 2. The van der Waals surface area contributed by atoms with E-state index < -0.39 is 0 Å². The van der Waals surface area contributed by atoms with Gasteiger partial charge in [-0.15, -0.1) is 0 Å². The van der Waals surface area contributed by atoms with Crippen molar-refractivity contribution in [1.29, 1.82) is 0 Å². The lowest BCUT2D eigenvalue weighted by Gasteiger charge is -2.16. The second-order valence-corrected chi connectivity index (χ2v) is 5.60. The minimum atomic E-state index is 0.521. The van der Waals surface area contributed by atoms with Gasteiger partial charge >= 0.3 is 0 Å². The van der Waals surface area contributed by atoms with Crippen molar-refractivity contribution in [1.82, 2.24) is 14.5 Å². The Labute approximate surface area is 119 Å². The van der Waals surface area contributed by atoms with E-state index in [9.17, 15) is 0 Å². The number of aliphatic imine (C=N–C) groups is 1. The number of nitrogens with zero attached hydrogens (tertiary/aromatic N) is 4. The number of nitrogens with two attached hydrogens (primary N) is 1. The summed E-state index contributed by atoms with van der Waals surface area (Å²) in [5.41, 5.74) is 9.39. The van der Waals surface area contributed by atoms with E-state index in [4.69, 9.17) is 5.73 Å². The van der Waals surface area contributed by atoms with Crippen LogP contribution in [0.25, 0.3) is 11.0 Å². The van der Waals surface area contributed by atoms with E-state index in [1.807, 2.05) is 14.1 Å². The summed E-state index contributed by atoms with van der Waals surface area (Å²) < 4.78 is 2.09. The minimum absolute atomic E-state index is 0.521. The Bertz CT molecular complexity index is 666. The van der Waals surface area contributed by atoms with E-state index in [2.05, 4.69) is 44.6 Å². The number of aromatic nitrogens is 2. The molecule has 3 rings (SSSR count). The second kappa shape index (κ2) is 4.81. The van der Waals surface area contributed by atoms with Crippen molar-refractivity contribution in [3.8, 4) is 0 Å². The van der Waals surface area contributed by atoms with Crippen LogP contribution in [0.15, 0.2) is 23.2 Å². The van der Waals surface area contributed by atoms with Crippen molar-refractivity contribution in [2.24, 2.45) is 17.8 Å². The summed E-state index contributed by atoms with van der Waals surface area (Å²) in [7, 11) is 4.03. The molecular weight excluding hydrogens is 250 g/mol. The van der Waals surface area contributed by atoms with Crippen molar-refractivity contribution >= 4 is 17.0 Å². The summed E-state index contributed by atoms with van der Waals surface area (Å²) in [5, 5.41) is 0. The number of rotatable bonds is 3. The maximum absolute atomic E-state index is 6.01. The van der Waals surface area contributed by atoms with E-state index in [1.54, 1.807) is 0 Å². The zero-order chi connectivity index (χ0) is 14.3. The molecule has 5 nitrogen and oxygen atoms in total. The molecule has 0 unspecified atom stereocenters. The molecule has 1 saturated carbocycles. The van der Waals surface area contributed by atoms with E-state index in [1.165, 1.54) is 18.4 Å². The Hall–Kier alpha value is -2.04. The molecule has 1 fully saturated rings. The highest BCUT2D eigenvalue weighted by Gasteiger charge is 2.27. The highest BCUT2D eigenvalue weighted by atomic mass is 15.3. The molecule has 1 aliphatic rings. The smallest absolute Gasteiger partial charge is 0.191 e. The molecular formula is C15H21N5. The molecule has 1 aromatic heterocycles. The van der Waals surface area contributed by atoms with Crippen molar-refractivity contribution in [3.05, 3.63) is 29.6 Å². The third kappa shape index (κ3) is 2.35. The minimum Gasteiger partial charge on any atom is -0.370 e. The second-order valence-electron chi connectivity index (χ2n) is 5.60. The standard InChI is InChI=1S/C15H21N5/c1-10-4-7-13-12(8-10)18-14(20(13)3)9-17-15(16)19(2)11-5-6-11/h4,7-8,11H,5-6,9H2,1-3H3,(H2,16,17). The van der Waals surface area contributed by atoms with Crippen molar-refractivity contribution < 1.29 is 0 Å². The molecule has 1 aromatic carbocycles. The summed E-state index contributed by atoms with van der Waals surface area (Å²) in [6.07, 6.45) is 2.44. The third-order valence-electron chi connectivity index (χ3n) is 3.97. The van der Waals surface area contributed by atoms with E-state index in [-0.39, 0.29) is 0 Å². The van der Waals surface area contributed by atoms with Crippen LogP contribution in [0.4, 0.5) is 0 Å². The van der Waals surface area contributed by atoms with Crippen LogP contribution in [0.3, 0.4) is 0 Å². The lowest BCUT2D eigenvalue weighted by Crippen LogP contribution is -2.35. The first-order chi connectivity index (χ1) is 9.56. The number of benzene rings is 1.